The number of benzene rings is 1. The van der Waals surface area contributed by atoms with Crippen LogP contribution in [0.1, 0.15) is 5.56 Å². The molecule has 0 aliphatic rings. The molecule has 0 aliphatic carbocycles. The number of fused-ring (bicyclic) bond motifs is 1. The van der Waals surface area contributed by atoms with Crippen molar-refractivity contribution in [2.24, 2.45) is 5.73 Å². The van der Waals surface area contributed by atoms with Crippen LogP contribution in [0, 0.1) is 6.92 Å². The van der Waals surface area contributed by atoms with E-state index >= 15 is 0 Å². The van der Waals surface area contributed by atoms with E-state index in [2.05, 4.69) is 15.6 Å². The van der Waals surface area contributed by atoms with Gasteiger partial charge in [-0.1, -0.05) is 23.5 Å². The second kappa shape index (κ2) is 7.18. The minimum absolute atomic E-state index is 0. The molecule has 0 bridgehead atoms. The molecule has 1 aromatic carbocycles. The number of nitrogens with zero attached hydrogens (tertiary/aromatic N) is 1. The van der Waals surface area contributed by atoms with Crippen molar-refractivity contribution in [2.75, 3.05) is 18.4 Å². The summed E-state index contributed by atoms with van der Waals surface area (Å²) in [6.07, 6.45) is 0. The zero-order chi connectivity index (χ0) is 13.8. The van der Waals surface area contributed by atoms with Gasteiger partial charge in [-0.2, -0.15) is 0 Å². The van der Waals surface area contributed by atoms with E-state index in [1.807, 2.05) is 25.1 Å². The van der Waals surface area contributed by atoms with Crippen LogP contribution in [0.2, 0.25) is 0 Å². The number of halogens is 1. The Hall–Kier alpha value is -1.70. The number of aryl methyl sites for hydroxylation is 1. The van der Waals surface area contributed by atoms with Crippen LogP contribution in [0.25, 0.3) is 10.2 Å². The molecule has 6 nitrogen and oxygen atoms in total. The molecule has 0 spiro atoms. The monoisotopic (exact) mass is 314 g/mol. The molecule has 8 heteroatoms. The summed E-state index contributed by atoms with van der Waals surface area (Å²) in [5, 5.41) is 5.57. The van der Waals surface area contributed by atoms with Gasteiger partial charge in [0, 0.05) is 0 Å². The summed E-state index contributed by atoms with van der Waals surface area (Å²) in [5.41, 5.74) is 7.07. The maximum Gasteiger partial charge on any atom is 0.245 e. The number of para-hydroxylation sites is 1. The van der Waals surface area contributed by atoms with Gasteiger partial charge in [-0.25, -0.2) is 4.98 Å². The lowest BCUT2D eigenvalue weighted by Gasteiger charge is -2.02. The largest absolute Gasteiger partial charge is 0.346 e. The number of anilines is 1. The van der Waals surface area contributed by atoms with Gasteiger partial charge in [0.1, 0.15) is 0 Å². The van der Waals surface area contributed by atoms with E-state index in [1.54, 1.807) is 0 Å². The second-order valence-electron chi connectivity index (χ2n) is 3.97. The number of hydrogen-bond donors (Lipinski definition) is 3. The SMILES string of the molecule is Cc1cccc2sc(NC(=O)CNC(=O)CN)nc12.Cl. The predicted octanol–water partition coefficient (Wildman–Crippen LogP) is 1.04. The highest BCUT2D eigenvalue weighted by Gasteiger charge is 2.09. The first-order valence-corrected chi connectivity index (χ1v) is 6.54. The van der Waals surface area contributed by atoms with Crippen molar-refractivity contribution < 1.29 is 9.59 Å². The van der Waals surface area contributed by atoms with Crippen molar-refractivity contribution in [2.45, 2.75) is 6.92 Å². The van der Waals surface area contributed by atoms with E-state index in [9.17, 15) is 9.59 Å². The van der Waals surface area contributed by atoms with E-state index in [4.69, 9.17) is 5.73 Å². The van der Waals surface area contributed by atoms with E-state index in [1.165, 1.54) is 11.3 Å². The summed E-state index contributed by atoms with van der Waals surface area (Å²) in [6, 6.07) is 5.86. The van der Waals surface area contributed by atoms with Gasteiger partial charge in [0.05, 0.1) is 23.3 Å². The third-order valence-electron chi connectivity index (χ3n) is 2.50. The maximum absolute atomic E-state index is 11.6. The number of rotatable bonds is 4. The van der Waals surface area contributed by atoms with Crippen LogP contribution >= 0.6 is 23.7 Å². The van der Waals surface area contributed by atoms with Gasteiger partial charge in [0.25, 0.3) is 0 Å². The third-order valence-corrected chi connectivity index (χ3v) is 3.43. The third kappa shape index (κ3) is 3.89. The Kier molecular flexibility index (Phi) is 5.87. The summed E-state index contributed by atoms with van der Waals surface area (Å²) in [4.78, 5) is 26.9. The van der Waals surface area contributed by atoms with Crippen molar-refractivity contribution >= 4 is 50.9 Å². The minimum atomic E-state index is -0.365. The zero-order valence-electron chi connectivity index (χ0n) is 10.8. The standard InChI is InChI=1S/C12H14N4O2S.ClH/c1-7-3-2-4-8-11(7)16-12(19-8)15-10(18)6-14-9(17)5-13;/h2-4H,5-6,13H2,1H3,(H,14,17)(H,15,16,18);1H. The summed E-state index contributed by atoms with van der Waals surface area (Å²) < 4.78 is 1.02. The molecule has 108 valence electrons. The summed E-state index contributed by atoms with van der Waals surface area (Å²) in [7, 11) is 0. The average molecular weight is 315 g/mol. The minimum Gasteiger partial charge on any atom is -0.346 e. The number of amides is 2. The molecule has 4 N–H and O–H groups in total. The van der Waals surface area contributed by atoms with Crippen LogP contribution in [-0.4, -0.2) is 29.9 Å². The molecule has 0 aliphatic heterocycles. The molecule has 2 amide bonds. The molecular formula is C12H15ClN4O2S. The first kappa shape index (κ1) is 16.4. The first-order chi connectivity index (χ1) is 9.10. The van der Waals surface area contributed by atoms with E-state index in [-0.39, 0.29) is 37.3 Å². The Morgan fingerprint density at radius 2 is 2.10 bits per heavy atom. The van der Waals surface area contributed by atoms with Crippen molar-refractivity contribution in [1.82, 2.24) is 10.3 Å². The Morgan fingerprint density at radius 1 is 1.35 bits per heavy atom. The van der Waals surface area contributed by atoms with Crippen LogP contribution in [-0.2, 0) is 9.59 Å². The number of nitrogens with two attached hydrogens (primary N) is 1. The van der Waals surface area contributed by atoms with Gasteiger partial charge in [-0.3, -0.25) is 9.59 Å². The van der Waals surface area contributed by atoms with E-state index in [0.717, 1.165) is 15.8 Å². The smallest absolute Gasteiger partial charge is 0.245 e. The van der Waals surface area contributed by atoms with Crippen LogP contribution < -0.4 is 16.4 Å². The molecule has 0 atom stereocenters. The Bertz CT molecular complexity index is 629. The van der Waals surface area contributed by atoms with Gasteiger partial charge < -0.3 is 16.4 Å². The van der Waals surface area contributed by atoms with Gasteiger partial charge in [0.15, 0.2) is 5.13 Å². The van der Waals surface area contributed by atoms with Gasteiger partial charge in [-0.05, 0) is 18.6 Å². The lowest BCUT2D eigenvalue weighted by molar-refractivity contribution is -0.123. The molecule has 1 heterocycles. The highest BCUT2D eigenvalue weighted by atomic mass is 35.5. The number of thiazole rings is 1. The molecule has 0 saturated carbocycles. The van der Waals surface area contributed by atoms with E-state index < -0.39 is 0 Å². The van der Waals surface area contributed by atoms with Gasteiger partial charge in [0.2, 0.25) is 11.8 Å². The molecule has 20 heavy (non-hydrogen) atoms. The number of aromatic nitrogens is 1. The van der Waals surface area contributed by atoms with Crippen LogP contribution in [0.5, 0.6) is 0 Å². The molecule has 0 unspecified atom stereocenters. The molecule has 1 aromatic heterocycles. The van der Waals surface area contributed by atoms with Crippen LogP contribution in [0.4, 0.5) is 5.13 Å². The fourth-order valence-corrected chi connectivity index (χ4v) is 2.51. The van der Waals surface area contributed by atoms with Crippen molar-refractivity contribution in [1.29, 1.82) is 0 Å². The summed E-state index contributed by atoms with van der Waals surface area (Å²) >= 11 is 1.40. The number of hydrogen-bond acceptors (Lipinski definition) is 5. The molecular weight excluding hydrogens is 300 g/mol. The van der Waals surface area contributed by atoms with Crippen molar-refractivity contribution in [3.63, 3.8) is 0 Å². The second-order valence-corrected chi connectivity index (χ2v) is 5.00. The fraction of sp³-hybridized carbons (Fsp3) is 0.250. The maximum atomic E-state index is 11.6. The Labute approximate surface area is 126 Å². The molecule has 2 aromatic rings. The first-order valence-electron chi connectivity index (χ1n) is 5.73. The normalized spacial score (nSPS) is 9.90. The van der Waals surface area contributed by atoms with Gasteiger partial charge >= 0.3 is 0 Å². The average Bonchev–Trinajstić information content (AvgIpc) is 2.80. The van der Waals surface area contributed by atoms with Crippen LogP contribution in [0.15, 0.2) is 18.2 Å². The number of carbonyl (C=O) groups is 2. The highest BCUT2D eigenvalue weighted by Crippen LogP contribution is 2.27. The highest BCUT2D eigenvalue weighted by molar-refractivity contribution is 7.22. The van der Waals surface area contributed by atoms with Gasteiger partial charge in [-0.15, -0.1) is 12.4 Å². The summed E-state index contributed by atoms with van der Waals surface area (Å²) in [6.45, 7) is 1.73. The van der Waals surface area contributed by atoms with Crippen LogP contribution in [0.3, 0.4) is 0 Å². The molecule has 0 fully saturated rings. The lowest BCUT2D eigenvalue weighted by Crippen LogP contribution is -2.36. The summed E-state index contributed by atoms with van der Waals surface area (Å²) in [5.74, 6) is -0.686. The predicted molar refractivity (Wildman–Crippen MR) is 82.3 cm³/mol. The van der Waals surface area contributed by atoms with E-state index in [0.29, 0.717) is 5.13 Å². The topological polar surface area (TPSA) is 97.1 Å². The van der Waals surface area contributed by atoms with Crippen molar-refractivity contribution in [3.05, 3.63) is 23.8 Å². The Morgan fingerprint density at radius 3 is 2.75 bits per heavy atom. The number of nitrogens with one attached hydrogen (secondary N) is 2. The fourth-order valence-electron chi connectivity index (χ4n) is 1.55. The number of carbonyl (C=O) groups excluding carboxylic acids is 2. The molecule has 0 saturated heterocycles. The Balaban J connectivity index is 0.00000200. The molecule has 0 radical (unpaired) electrons. The quantitative estimate of drug-likeness (QED) is 0.785. The zero-order valence-corrected chi connectivity index (χ0v) is 12.4. The lowest BCUT2D eigenvalue weighted by atomic mass is 10.2. The molecule has 2 rings (SSSR count). The van der Waals surface area contributed by atoms with Crippen molar-refractivity contribution in [3.8, 4) is 0 Å².